The predicted octanol–water partition coefficient (Wildman–Crippen LogP) is 0.601. The van der Waals surface area contributed by atoms with E-state index in [0.717, 1.165) is 6.61 Å². The molecule has 16 heavy (non-hydrogen) atoms. The van der Waals surface area contributed by atoms with Gasteiger partial charge in [0.05, 0.1) is 32.0 Å². The molecule has 4 nitrogen and oxygen atoms in total. The Morgan fingerprint density at radius 1 is 1.12 bits per heavy atom. The lowest BCUT2D eigenvalue weighted by Crippen LogP contribution is -2.31. The quantitative estimate of drug-likeness (QED) is 0.512. The molecular weight excluding hydrogens is 208 g/mol. The molecule has 0 spiro atoms. The van der Waals surface area contributed by atoms with Crippen molar-refractivity contribution >= 4 is 0 Å². The summed E-state index contributed by atoms with van der Waals surface area (Å²) in [6.45, 7) is 4.76. The van der Waals surface area contributed by atoms with Crippen LogP contribution in [0.1, 0.15) is 6.92 Å². The van der Waals surface area contributed by atoms with Gasteiger partial charge in [0, 0.05) is 25.0 Å². The molecule has 2 bridgehead atoms. The Balaban J connectivity index is 1.70. The molecule has 1 saturated heterocycles. The van der Waals surface area contributed by atoms with E-state index in [4.69, 9.17) is 14.2 Å². The van der Waals surface area contributed by atoms with E-state index < -0.39 is 0 Å². The van der Waals surface area contributed by atoms with Crippen LogP contribution in [0.25, 0.3) is 0 Å². The molecule has 1 fully saturated rings. The molecule has 0 saturated carbocycles. The molecule has 92 valence electrons. The van der Waals surface area contributed by atoms with Crippen molar-refractivity contribution in [3.8, 4) is 0 Å². The minimum atomic E-state index is 0.0930. The summed E-state index contributed by atoms with van der Waals surface area (Å²) in [5.74, 6) is 0.490. The first kappa shape index (κ1) is 12.0. The van der Waals surface area contributed by atoms with Crippen LogP contribution in [0.2, 0.25) is 0 Å². The Morgan fingerprint density at radius 2 is 1.81 bits per heavy atom. The average molecular weight is 228 g/mol. The fourth-order valence-corrected chi connectivity index (χ4v) is 2.41. The largest absolute Gasteiger partial charge is 0.396 e. The summed E-state index contributed by atoms with van der Waals surface area (Å²) in [6, 6.07) is 0. The van der Waals surface area contributed by atoms with E-state index in [1.54, 1.807) is 0 Å². The van der Waals surface area contributed by atoms with Crippen LogP contribution >= 0.6 is 0 Å². The van der Waals surface area contributed by atoms with Gasteiger partial charge in [-0.05, 0) is 6.92 Å². The van der Waals surface area contributed by atoms with Crippen molar-refractivity contribution in [1.82, 2.24) is 0 Å². The molecule has 0 aliphatic carbocycles. The highest BCUT2D eigenvalue weighted by atomic mass is 16.5. The Hall–Kier alpha value is -0.420. The van der Waals surface area contributed by atoms with E-state index in [1.807, 2.05) is 13.0 Å². The lowest BCUT2D eigenvalue weighted by atomic mass is 9.84. The van der Waals surface area contributed by atoms with Gasteiger partial charge >= 0.3 is 0 Å². The third-order valence-corrected chi connectivity index (χ3v) is 3.30. The van der Waals surface area contributed by atoms with Crippen LogP contribution in [0.15, 0.2) is 12.2 Å². The lowest BCUT2D eigenvalue weighted by molar-refractivity contribution is 0.0194. The minimum absolute atomic E-state index is 0.0930. The maximum atomic E-state index is 9.31. The highest BCUT2D eigenvalue weighted by Crippen LogP contribution is 2.38. The first-order chi connectivity index (χ1) is 7.86. The first-order valence-corrected chi connectivity index (χ1v) is 5.97. The van der Waals surface area contributed by atoms with Crippen molar-refractivity contribution < 1.29 is 19.3 Å². The van der Waals surface area contributed by atoms with Crippen molar-refractivity contribution in [3.63, 3.8) is 0 Å². The molecular formula is C12H20O4. The molecule has 1 N–H and O–H groups in total. The SMILES string of the molecule is CCOCCOC[C@H]1[C@@H](CO)[C@@H]2C=C[C@H]1O2. The Labute approximate surface area is 96.2 Å². The van der Waals surface area contributed by atoms with E-state index in [9.17, 15) is 5.11 Å². The van der Waals surface area contributed by atoms with Gasteiger partial charge in [-0.25, -0.2) is 0 Å². The second-order valence-electron chi connectivity index (χ2n) is 4.23. The molecule has 0 aromatic heterocycles. The van der Waals surface area contributed by atoms with Crippen molar-refractivity contribution in [2.24, 2.45) is 11.8 Å². The average Bonchev–Trinajstić information content (AvgIpc) is 2.88. The molecule has 2 aliphatic heterocycles. The molecule has 2 rings (SSSR count). The second kappa shape index (κ2) is 5.77. The first-order valence-electron chi connectivity index (χ1n) is 5.97. The summed E-state index contributed by atoms with van der Waals surface area (Å²) in [5.41, 5.74) is 0. The maximum Gasteiger partial charge on any atom is 0.0819 e. The number of aliphatic hydroxyl groups excluding tert-OH is 1. The fraction of sp³-hybridized carbons (Fsp3) is 0.833. The Morgan fingerprint density at radius 3 is 2.50 bits per heavy atom. The van der Waals surface area contributed by atoms with E-state index in [0.29, 0.717) is 25.7 Å². The van der Waals surface area contributed by atoms with E-state index in [2.05, 4.69) is 6.08 Å². The summed E-state index contributed by atoms with van der Waals surface area (Å²) in [5, 5.41) is 9.31. The van der Waals surface area contributed by atoms with Gasteiger partial charge < -0.3 is 19.3 Å². The van der Waals surface area contributed by atoms with Gasteiger partial charge in [-0.1, -0.05) is 12.2 Å². The van der Waals surface area contributed by atoms with Crippen LogP contribution in [0.4, 0.5) is 0 Å². The van der Waals surface area contributed by atoms with Gasteiger partial charge in [-0.2, -0.15) is 0 Å². The van der Waals surface area contributed by atoms with Gasteiger partial charge in [0.1, 0.15) is 0 Å². The minimum Gasteiger partial charge on any atom is -0.396 e. The number of hydrogen-bond acceptors (Lipinski definition) is 4. The molecule has 0 aromatic rings. The monoisotopic (exact) mass is 228 g/mol. The van der Waals surface area contributed by atoms with Crippen LogP contribution in [-0.2, 0) is 14.2 Å². The molecule has 0 unspecified atom stereocenters. The van der Waals surface area contributed by atoms with Crippen molar-refractivity contribution in [1.29, 1.82) is 0 Å². The topological polar surface area (TPSA) is 47.9 Å². The predicted molar refractivity (Wildman–Crippen MR) is 59.2 cm³/mol. The molecule has 0 aromatic carbocycles. The molecule has 0 amide bonds. The molecule has 4 heteroatoms. The lowest BCUT2D eigenvalue weighted by Gasteiger charge is -2.23. The van der Waals surface area contributed by atoms with Gasteiger partial charge in [0.2, 0.25) is 0 Å². The van der Waals surface area contributed by atoms with Gasteiger partial charge in [-0.3, -0.25) is 0 Å². The van der Waals surface area contributed by atoms with Crippen LogP contribution in [-0.4, -0.2) is 50.3 Å². The van der Waals surface area contributed by atoms with Gasteiger partial charge in [0.15, 0.2) is 0 Å². The number of ether oxygens (including phenoxy) is 3. The van der Waals surface area contributed by atoms with Crippen molar-refractivity contribution in [2.45, 2.75) is 19.1 Å². The Bertz CT molecular complexity index is 241. The zero-order valence-electron chi connectivity index (χ0n) is 9.67. The van der Waals surface area contributed by atoms with Gasteiger partial charge in [-0.15, -0.1) is 0 Å². The second-order valence-corrected chi connectivity index (χ2v) is 4.23. The fourth-order valence-electron chi connectivity index (χ4n) is 2.41. The van der Waals surface area contributed by atoms with E-state index in [1.165, 1.54) is 0 Å². The summed E-state index contributed by atoms with van der Waals surface area (Å²) >= 11 is 0. The number of hydrogen-bond donors (Lipinski definition) is 1. The third-order valence-electron chi connectivity index (χ3n) is 3.30. The summed E-state index contributed by atoms with van der Waals surface area (Å²) in [4.78, 5) is 0. The summed E-state index contributed by atoms with van der Waals surface area (Å²) < 4.78 is 16.4. The summed E-state index contributed by atoms with van der Waals surface area (Å²) in [7, 11) is 0. The Kier molecular flexibility index (Phi) is 4.35. The number of fused-ring (bicyclic) bond motifs is 2. The molecule has 2 aliphatic rings. The third kappa shape index (κ3) is 2.46. The van der Waals surface area contributed by atoms with Crippen molar-refractivity contribution in [2.75, 3.05) is 33.0 Å². The molecule has 0 radical (unpaired) electrons. The van der Waals surface area contributed by atoms with E-state index in [-0.39, 0.29) is 24.7 Å². The highest BCUT2D eigenvalue weighted by molar-refractivity contribution is 5.14. The standard InChI is InChI=1S/C12H20O4/c1-2-14-5-6-15-8-10-9(7-13)11-3-4-12(10)16-11/h3-4,9-13H,2,5-8H2,1H3/t9-,10+,11+,12-/m1/s1. The number of rotatable bonds is 7. The zero-order chi connectivity index (χ0) is 11.4. The molecule has 4 atom stereocenters. The normalized spacial score (nSPS) is 36.1. The van der Waals surface area contributed by atoms with Crippen molar-refractivity contribution in [3.05, 3.63) is 12.2 Å². The maximum absolute atomic E-state index is 9.31. The van der Waals surface area contributed by atoms with Crippen LogP contribution in [0.3, 0.4) is 0 Å². The highest BCUT2D eigenvalue weighted by Gasteiger charge is 2.45. The van der Waals surface area contributed by atoms with Crippen LogP contribution in [0.5, 0.6) is 0 Å². The zero-order valence-corrected chi connectivity index (χ0v) is 9.67. The number of aliphatic hydroxyl groups is 1. The van der Waals surface area contributed by atoms with Crippen LogP contribution < -0.4 is 0 Å². The van der Waals surface area contributed by atoms with E-state index >= 15 is 0 Å². The van der Waals surface area contributed by atoms with Crippen LogP contribution in [0, 0.1) is 11.8 Å². The summed E-state index contributed by atoms with van der Waals surface area (Å²) in [6.07, 6.45) is 4.35. The molecule has 2 heterocycles. The van der Waals surface area contributed by atoms with Gasteiger partial charge in [0.25, 0.3) is 0 Å². The smallest absolute Gasteiger partial charge is 0.0819 e.